The molecule has 0 unspecified atom stereocenters. The SMILES string of the molecule is CCCCCCCCCCOC(=O)CCC(=O)[O-].[Zn+2]. The van der Waals surface area contributed by atoms with Gasteiger partial charge in [0.15, 0.2) is 0 Å². The van der Waals surface area contributed by atoms with Gasteiger partial charge in [-0.25, -0.2) is 0 Å². The Kier molecular flexibility index (Phi) is 17.2. The summed E-state index contributed by atoms with van der Waals surface area (Å²) in [6.45, 7) is 2.61. The van der Waals surface area contributed by atoms with Crippen LogP contribution in [0.25, 0.3) is 0 Å². The Hall–Kier alpha value is -0.437. The minimum Gasteiger partial charge on any atom is -0.550 e. The van der Waals surface area contributed by atoms with Crippen molar-refractivity contribution in [1.82, 2.24) is 0 Å². The van der Waals surface area contributed by atoms with Crippen LogP contribution in [-0.2, 0) is 33.8 Å². The van der Waals surface area contributed by atoms with E-state index in [-0.39, 0.29) is 32.3 Å². The van der Waals surface area contributed by atoms with Crippen molar-refractivity contribution in [3.63, 3.8) is 0 Å². The normalized spacial score (nSPS) is 9.74. The van der Waals surface area contributed by atoms with Crippen LogP contribution in [0.4, 0.5) is 0 Å². The molecule has 19 heavy (non-hydrogen) atoms. The zero-order valence-corrected chi connectivity index (χ0v) is 15.1. The molecule has 0 saturated heterocycles. The molecule has 0 aliphatic carbocycles. The third kappa shape index (κ3) is 17.6. The van der Waals surface area contributed by atoms with Crippen LogP contribution in [0.1, 0.15) is 71.1 Å². The summed E-state index contributed by atoms with van der Waals surface area (Å²) in [7, 11) is 0. The summed E-state index contributed by atoms with van der Waals surface area (Å²) in [5.74, 6) is -1.65. The number of hydrogen-bond donors (Lipinski definition) is 0. The molecule has 0 rings (SSSR count). The van der Waals surface area contributed by atoms with Crippen molar-refractivity contribution in [3.8, 4) is 0 Å². The molecule has 0 aliphatic rings. The number of carbonyl (C=O) groups is 2. The molecular formula is C14H25O4Zn+. The molecule has 0 N–H and O–H groups in total. The molecule has 0 radical (unpaired) electrons. The van der Waals surface area contributed by atoms with E-state index in [9.17, 15) is 14.7 Å². The van der Waals surface area contributed by atoms with Gasteiger partial charge in [0.2, 0.25) is 0 Å². The smallest absolute Gasteiger partial charge is 0.550 e. The predicted molar refractivity (Wildman–Crippen MR) is 67.8 cm³/mol. The van der Waals surface area contributed by atoms with Crippen molar-refractivity contribution in [1.29, 1.82) is 0 Å². The van der Waals surface area contributed by atoms with Gasteiger partial charge in [-0.15, -0.1) is 0 Å². The van der Waals surface area contributed by atoms with Gasteiger partial charge in [0.25, 0.3) is 0 Å². The molecule has 5 heteroatoms. The van der Waals surface area contributed by atoms with E-state index in [1.165, 1.54) is 38.5 Å². The molecule has 4 nitrogen and oxygen atoms in total. The Morgan fingerprint density at radius 2 is 1.42 bits per heavy atom. The Bertz CT molecular complexity index is 231. The fourth-order valence-corrected chi connectivity index (χ4v) is 1.70. The first kappa shape index (κ1) is 20.9. The molecule has 0 fully saturated rings. The van der Waals surface area contributed by atoms with Crippen LogP contribution in [0, 0.1) is 0 Å². The summed E-state index contributed by atoms with van der Waals surface area (Å²) in [6, 6.07) is 0. The number of rotatable bonds is 12. The van der Waals surface area contributed by atoms with Gasteiger partial charge in [-0.05, 0) is 12.8 Å². The van der Waals surface area contributed by atoms with E-state index < -0.39 is 11.9 Å². The van der Waals surface area contributed by atoms with Gasteiger partial charge in [0, 0.05) is 5.97 Å². The maximum absolute atomic E-state index is 11.0. The molecule has 0 aromatic carbocycles. The fourth-order valence-electron chi connectivity index (χ4n) is 1.70. The number of carbonyl (C=O) groups excluding carboxylic acids is 2. The van der Waals surface area contributed by atoms with Crippen LogP contribution in [-0.4, -0.2) is 18.5 Å². The number of esters is 1. The molecule has 0 amide bonds. The fraction of sp³-hybridized carbons (Fsp3) is 0.857. The number of aliphatic carboxylic acids is 1. The molecule has 0 aromatic heterocycles. The average Bonchev–Trinajstić information content (AvgIpc) is 2.34. The first-order valence-electron chi connectivity index (χ1n) is 7.02. The second-order valence-electron chi connectivity index (χ2n) is 4.57. The van der Waals surface area contributed by atoms with Crippen LogP contribution in [0.15, 0.2) is 0 Å². The van der Waals surface area contributed by atoms with E-state index in [1.807, 2.05) is 0 Å². The summed E-state index contributed by atoms with van der Waals surface area (Å²) in [5, 5.41) is 10.1. The van der Waals surface area contributed by atoms with Crippen LogP contribution in [0.5, 0.6) is 0 Å². The zero-order valence-electron chi connectivity index (χ0n) is 12.1. The number of unbranched alkanes of at least 4 members (excludes halogenated alkanes) is 7. The van der Waals surface area contributed by atoms with Gasteiger partial charge >= 0.3 is 25.4 Å². The average molecular weight is 323 g/mol. The number of ether oxygens (including phenoxy) is 1. The number of carboxylic acids is 1. The van der Waals surface area contributed by atoms with E-state index in [2.05, 4.69) is 6.92 Å². The Balaban J connectivity index is 0. The van der Waals surface area contributed by atoms with Gasteiger partial charge in [0.05, 0.1) is 13.0 Å². The summed E-state index contributed by atoms with van der Waals surface area (Å²) in [4.78, 5) is 21.1. The molecular weight excluding hydrogens is 298 g/mol. The molecule has 0 bridgehead atoms. The van der Waals surface area contributed by atoms with Crippen molar-refractivity contribution in [2.75, 3.05) is 6.61 Å². The number of hydrogen-bond acceptors (Lipinski definition) is 4. The Morgan fingerprint density at radius 3 is 1.95 bits per heavy atom. The quantitative estimate of drug-likeness (QED) is 0.314. The van der Waals surface area contributed by atoms with Crippen molar-refractivity contribution in [3.05, 3.63) is 0 Å². The minimum absolute atomic E-state index is 0. The van der Waals surface area contributed by atoms with Crippen molar-refractivity contribution < 1.29 is 38.9 Å². The maximum Gasteiger partial charge on any atom is 2.00 e. The van der Waals surface area contributed by atoms with Crippen molar-refractivity contribution >= 4 is 11.9 Å². The third-order valence-electron chi connectivity index (χ3n) is 2.79. The summed E-state index contributed by atoms with van der Waals surface area (Å²) in [6.07, 6.45) is 9.21. The van der Waals surface area contributed by atoms with Crippen LogP contribution in [0.3, 0.4) is 0 Å². The summed E-state index contributed by atoms with van der Waals surface area (Å²) >= 11 is 0. The molecule has 0 aliphatic heterocycles. The van der Waals surface area contributed by atoms with Gasteiger partial charge in [-0.2, -0.15) is 0 Å². The standard InChI is InChI=1S/C14H26O4.Zn/c1-2-3-4-5-6-7-8-9-12-18-14(17)11-10-13(15)16;/h2-12H2,1H3,(H,15,16);/q;+2/p-1. The van der Waals surface area contributed by atoms with E-state index in [1.54, 1.807) is 0 Å². The van der Waals surface area contributed by atoms with Gasteiger partial charge in [-0.1, -0.05) is 51.9 Å². The van der Waals surface area contributed by atoms with Gasteiger partial charge in [-0.3, -0.25) is 4.79 Å². The Morgan fingerprint density at radius 1 is 0.895 bits per heavy atom. The van der Waals surface area contributed by atoms with Gasteiger partial charge < -0.3 is 14.6 Å². The molecule has 0 spiro atoms. The monoisotopic (exact) mass is 321 g/mol. The molecule has 0 atom stereocenters. The van der Waals surface area contributed by atoms with E-state index in [4.69, 9.17) is 4.74 Å². The molecule has 0 saturated carbocycles. The minimum atomic E-state index is -1.21. The first-order chi connectivity index (χ1) is 8.66. The third-order valence-corrected chi connectivity index (χ3v) is 2.79. The maximum atomic E-state index is 11.0. The largest absolute Gasteiger partial charge is 2.00 e. The molecule has 0 heterocycles. The predicted octanol–water partition coefficient (Wildman–Crippen LogP) is 2.20. The second-order valence-corrected chi connectivity index (χ2v) is 4.57. The second kappa shape index (κ2) is 15.6. The molecule has 0 aromatic rings. The summed E-state index contributed by atoms with van der Waals surface area (Å²) < 4.78 is 4.91. The van der Waals surface area contributed by atoms with Crippen molar-refractivity contribution in [2.24, 2.45) is 0 Å². The van der Waals surface area contributed by atoms with Crippen LogP contribution in [0.2, 0.25) is 0 Å². The molecule has 106 valence electrons. The zero-order chi connectivity index (χ0) is 13.6. The van der Waals surface area contributed by atoms with Crippen molar-refractivity contribution in [2.45, 2.75) is 71.1 Å². The van der Waals surface area contributed by atoms with E-state index in [0.717, 1.165) is 12.8 Å². The van der Waals surface area contributed by atoms with Gasteiger partial charge in [0.1, 0.15) is 0 Å². The number of carboxylic acid groups (broad SMARTS) is 1. The van der Waals surface area contributed by atoms with Crippen LogP contribution < -0.4 is 5.11 Å². The first-order valence-corrected chi connectivity index (χ1v) is 7.02. The topological polar surface area (TPSA) is 66.4 Å². The van der Waals surface area contributed by atoms with E-state index in [0.29, 0.717) is 6.61 Å². The Labute approximate surface area is 129 Å². The van der Waals surface area contributed by atoms with E-state index >= 15 is 0 Å². The summed E-state index contributed by atoms with van der Waals surface area (Å²) in [5.41, 5.74) is 0. The van der Waals surface area contributed by atoms with Crippen LogP contribution >= 0.6 is 0 Å².